The van der Waals surface area contributed by atoms with Crippen LogP contribution >= 0.6 is 0 Å². The average molecular weight is 542 g/mol. The Morgan fingerprint density at radius 2 is 1.59 bits per heavy atom. The first-order valence-corrected chi connectivity index (χ1v) is 11.6. The molecule has 0 fully saturated rings. The Morgan fingerprint density at radius 3 is 2.26 bits per heavy atom. The molecular formula is C28H21F3O8. The van der Waals surface area contributed by atoms with Crippen LogP contribution in [0.25, 0.3) is 11.0 Å². The van der Waals surface area contributed by atoms with Crippen LogP contribution in [0.15, 0.2) is 82.0 Å². The van der Waals surface area contributed by atoms with Gasteiger partial charge >= 0.3 is 18.1 Å². The molecule has 8 nitrogen and oxygen atoms in total. The Labute approximate surface area is 219 Å². The summed E-state index contributed by atoms with van der Waals surface area (Å²) < 4.78 is 67.1. The van der Waals surface area contributed by atoms with Gasteiger partial charge in [-0.2, -0.15) is 13.2 Å². The number of esters is 2. The van der Waals surface area contributed by atoms with Gasteiger partial charge in [0.05, 0.1) is 17.6 Å². The minimum absolute atomic E-state index is 0.0151. The number of ether oxygens (including phenoxy) is 4. The van der Waals surface area contributed by atoms with Crippen LogP contribution in [0.1, 0.15) is 28.6 Å². The number of benzene rings is 3. The van der Waals surface area contributed by atoms with Crippen molar-refractivity contribution in [3.63, 3.8) is 0 Å². The third-order valence-corrected chi connectivity index (χ3v) is 5.26. The molecule has 11 heteroatoms. The van der Waals surface area contributed by atoms with Crippen molar-refractivity contribution in [2.24, 2.45) is 0 Å². The predicted octanol–water partition coefficient (Wildman–Crippen LogP) is 5.90. The second-order valence-electron chi connectivity index (χ2n) is 8.03. The number of carbonyl (C=O) groups is 2. The van der Waals surface area contributed by atoms with E-state index in [0.717, 1.165) is 11.6 Å². The summed E-state index contributed by atoms with van der Waals surface area (Å²) in [5.74, 6) is -4.19. The molecule has 0 saturated heterocycles. The molecule has 39 heavy (non-hydrogen) atoms. The molecular weight excluding hydrogens is 521 g/mol. The van der Waals surface area contributed by atoms with Gasteiger partial charge in [-0.3, -0.25) is 4.79 Å². The number of fused-ring (bicyclic) bond motifs is 1. The van der Waals surface area contributed by atoms with Crippen LogP contribution in [0.3, 0.4) is 0 Å². The molecule has 0 aliphatic heterocycles. The normalized spacial score (nSPS) is 11.2. The van der Waals surface area contributed by atoms with Crippen molar-refractivity contribution in [1.29, 1.82) is 0 Å². The van der Waals surface area contributed by atoms with Gasteiger partial charge in [0.2, 0.25) is 11.2 Å². The summed E-state index contributed by atoms with van der Waals surface area (Å²) >= 11 is 0. The number of hydrogen-bond donors (Lipinski definition) is 0. The Bertz CT molecular complexity index is 1530. The Hall–Kier alpha value is -4.80. The van der Waals surface area contributed by atoms with Gasteiger partial charge in [0, 0.05) is 6.07 Å². The molecule has 0 saturated carbocycles. The van der Waals surface area contributed by atoms with Gasteiger partial charge in [-0.15, -0.1) is 0 Å². The van der Waals surface area contributed by atoms with E-state index in [0.29, 0.717) is 0 Å². The zero-order chi connectivity index (χ0) is 28.0. The third-order valence-electron chi connectivity index (χ3n) is 5.26. The molecule has 0 N–H and O–H groups in total. The lowest BCUT2D eigenvalue weighted by molar-refractivity contribution is -0.154. The summed E-state index contributed by atoms with van der Waals surface area (Å²) in [4.78, 5) is 36.8. The van der Waals surface area contributed by atoms with Crippen LogP contribution in [0.2, 0.25) is 0 Å². The van der Waals surface area contributed by atoms with Crippen molar-refractivity contribution < 1.29 is 46.1 Å². The Morgan fingerprint density at radius 1 is 0.897 bits per heavy atom. The second kappa shape index (κ2) is 11.7. The number of hydrogen-bond acceptors (Lipinski definition) is 8. The molecule has 0 bridgehead atoms. The van der Waals surface area contributed by atoms with Gasteiger partial charge in [0.1, 0.15) is 23.7 Å². The van der Waals surface area contributed by atoms with Crippen LogP contribution in [0.5, 0.6) is 17.2 Å². The maximum atomic E-state index is 13.8. The van der Waals surface area contributed by atoms with E-state index in [1.807, 2.05) is 6.07 Å². The molecule has 0 radical (unpaired) electrons. The van der Waals surface area contributed by atoms with Crippen molar-refractivity contribution in [2.75, 3.05) is 13.2 Å². The molecule has 3 aromatic carbocycles. The number of carbonyl (C=O) groups excluding carboxylic acids is 2. The van der Waals surface area contributed by atoms with Crippen molar-refractivity contribution in [3.05, 3.63) is 99.9 Å². The first-order valence-electron chi connectivity index (χ1n) is 11.6. The van der Waals surface area contributed by atoms with E-state index in [2.05, 4.69) is 0 Å². The summed E-state index contributed by atoms with van der Waals surface area (Å²) in [6.07, 6.45) is -5.08. The summed E-state index contributed by atoms with van der Waals surface area (Å²) in [5.41, 5.74) is -0.576. The fourth-order valence-electron chi connectivity index (χ4n) is 3.44. The predicted molar refractivity (Wildman–Crippen MR) is 132 cm³/mol. The summed E-state index contributed by atoms with van der Waals surface area (Å²) in [6.45, 7) is 1.29. The second-order valence-corrected chi connectivity index (χ2v) is 8.03. The largest absolute Gasteiger partial charge is 0.482 e. The van der Waals surface area contributed by atoms with Gasteiger partial charge in [0.25, 0.3) is 5.76 Å². The zero-order valence-electron chi connectivity index (χ0n) is 20.4. The van der Waals surface area contributed by atoms with Crippen LogP contribution in [0, 0.1) is 0 Å². The molecule has 4 rings (SSSR count). The van der Waals surface area contributed by atoms with Crippen molar-refractivity contribution in [2.45, 2.75) is 19.7 Å². The molecule has 0 spiro atoms. The number of halogens is 3. The maximum absolute atomic E-state index is 13.8. The summed E-state index contributed by atoms with van der Waals surface area (Å²) in [7, 11) is 0. The fraction of sp³-hybridized carbons (Fsp3) is 0.179. The lowest BCUT2D eigenvalue weighted by Crippen LogP contribution is -2.16. The maximum Gasteiger partial charge on any atom is 0.453 e. The van der Waals surface area contributed by atoms with E-state index in [1.165, 1.54) is 36.4 Å². The summed E-state index contributed by atoms with van der Waals surface area (Å²) in [6, 6.07) is 17.5. The molecule has 1 heterocycles. The zero-order valence-corrected chi connectivity index (χ0v) is 20.4. The molecule has 0 amide bonds. The van der Waals surface area contributed by atoms with E-state index >= 15 is 0 Å². The van der Waals surface area contributed by atoms with Crippen LogP contribution < -0.4 is 14.9 Å². The van der Waals surface area contributed by atoms with Crippen LogP contribution in [-0.4, -0.2) is 25.2 Å². The highest BCUT2D eigenvalue weighted by molar-refractivity contribution is 5.89. The van der Waals surface area contributed by atoms with Crippen molar-refractivity contribution >= 4 is 22.9 Å². The highest BCUT2D eigenvalue weighted by atomic mass is 19.4. The third kappa shape index (κ3) is 6.75. The minimum Gasteiger partial charge on any atom is -0.482 e. The fourth-order valence-corrected chi connectivity index (χ4v) is 3.44. The molecule has 0 atom stereocenters. The van der Waals surface area contributed by atoms with E-state index in [9.17, 15) is 27.6 Å². The highest BCUT2D eigenvalue weighted by Gasteiger charge is 2.40. The van der Waals surface area contributed by atoms with Gasteiger partial charge in [-0.25, -0.2) is 9.59 Å². The lowest BCUT2D eigenvalue weighted by Gasteiger charge is -2.14. The van der Waals surface area contributed by atoms with Gasteiger partial charge < -0.3 is 23.4 Å². The van der Waals surface area contributed by atoms with E-state index in [-0.39, 0.29) is 35.7 Å². The van der Waals surface area contributed by atoms with E-state index < -0.39 is 47.2 Å². The highest BCUT2D eigenvalue weighted by Crippen LogP contribution is 2.38. The van der Waals surface area contributed by atoms with Gasteiger partial charge in [0.15, 0.2) is 6.61 Å². The van der Waals surface area contributed by atoms with E-state index in [4.69, 9.17) is 23.4 Å². The molecule has 4 aromatic rings. The monoisotopic (exact) mass is 542 g/mol. The number of alkyl halides is 3. The molecule has 0 unspecified atom stereocenters. The quantitative estimate of drug-likeness (QED) is 0.241. The molecule has 202 valence electrons. The minimum atomic E-state index is -5.08. The topological polar surface area (TPSA) is 101 Å². The smallest absolute Gasteiger partial charge is 0.453 e. The Balaban J connectivity index is 1.54. The molecule has 0 aliphatic carbocycles. The van der Waals surface area contributed by atoms with Crippen LogP contribution in [-0.2, 0) is 27.1 Å². The van der Waals surface area contributed by atoms with Gasteiger partial charge in [-0.1, -0.05) is 30.3 Å². The van der Waals surface area contributed by atoms with Crippen LogP contribution in [0.4, 0.5) is 13.2 Å². The Kier molecular flexibility index (Phi) is 8.18. The standard InChI is InChI=1S/C28H21F3O8/c1-2-35-27(34)18-8-10-19(11-9-18)38-25-24(33)21-13-12-20(14-22(21)39-26(25)28(29,30)31)36-16-23(32)37-15-17-6-4-3-5-7-17/h3-14H,2,15-16H2,1H3. The average Bonchev–Trinajstić information content (AvgIpc) is 2.92. The van der Waals surface area contributed by atoms with E-state index in [1.54, 1.807) is 31.2 Å². The first-order chi connectivity index (χ1) is 18.7. The van der Waals surface area contributed by atoms with Crippen molar-refractivity contribution in [3.8, 4) is 17.2 Å². The number of rotatable bonds is 9. The summed E-state index contributed by atoms with van der Waals surface area (Å²) in [5, 5.41) is -0.208. The van der Waals surface area contributed by atoms with Crippen molar-refractivity contribution in [1.82, 2.24) is 0 Å². The lowest BCUT2D eigenvalue weighted by atomic mass is 10.2. The molecule has 0 aliphatic rings. The molecule has 1 aromatic heterocycles. The SMILES string of the molecule is CCOC(=O)c1ccc(Oc2c(C(F)(F)F)oc3cc(OCC(=O)OCc4ccccc4)ccc3c2=O)cc1. The first kappa shape index (κ1) is 27.2. The van der Waals surface area contributed by atoms with Gasteiger partial charge in [-0.05, 0) is 48.9 Å².